The third-order valence-electron chi connectivity index (χ3n) is 4.68. The SMILES string of the molecule is COc1ccc2sc(N(Cc3ccccc3)C(=O)CSc3ccc(C)cc3)nc2c1. The van der Waals surface area contributed by atoms with Crippen LogP contribution in [-0.4, -0.2) is 23.8 Å². The van der Waals surface area contributed by atoms with Gasteiger partial charge in [0.05, 0.1) is 29.6 Å². The number of methoxy groups -OCH3 is 1. The van der Waals surface area contributed by atoms with Crippen LogP contribution in [0.1, 0.15) is 11.1 Å². The van der Waals surface area contributed by atoms with Crippen LogP contribution < -0.4 is 9.64 Å². The number of hydrogen-bond acceptors (Lipinski definition) is 5. The Labute approximate surface area is 184 Å². The van der Waals surface area contributed by atoms with Crippen molar-refractivity contribution in [2.75, 3.05) is 17.8 Å². The zero-order chi connectivity index (χ0) is 20.9. The third kappa shape index (κ3) is 4.83. The fourth-order valence-electron chi connectivity index (χ4n) is 3.02. The molecule has 1 heterocycles. The number of anilines is 1. The fourth-order valence-corrected chi connectivity index (χ4v) is 4.76. The molecule has 1 aromatic heterocycles. The highest BCUT2D eigenvalue weighted by Crippen LogP contribution is 2.32. The molecule has 0 atom stereocenters. The molecule has 30 heavy (non-hydrogen) atoms. The second kappa shape index (κ2) is 9.32. The molecule has 0 spiro atoms. The first kappa shape index (κ1) is 20.4. The number of fused-ring (bicyclic) bond motifs is 1. The van der Waals surface area contributed by atoms with Crippen molar-refractivity contribution in [1.29, 1.82) is 0 Å². The maximum atomic E-state index is 13.2. The van der Waals surface area contributed by atoms with Gasteiger partial charge in [-0.15, -0.1) is 11.8 Å². The van der Waals surface area contributed by atoms with Gasteiger partial charge in [-0.25, -0.2) is 4.98 Å². The zero-order valence-electron chi connectivity index (χ0n) is 16.9. The minimum absolute atomic E-state index is 0.0375. The highest BCUT2D eigenvalue weighted by Gasteiger charge is 2.20. The quantitative estimate of drug-likeness (QED) is 0.338. The molecule has 0 saturated heterocycles. The second-order valence-corrected chi connectivity index (χ2v) is 8.96. The maximum absolute atomic E-state index is 13.2. The number of aromatic nitrogens is 1. The molecule has 4 aromatic rings. The Morgan fingerprint density at radius 3 is 2.57 bits per heavy atom. The Bertz CT molecular complexity index is 1140. The summed E-state index contributed by atoms with van der Waals surface area (Å²) in [6, 6.07) is 24.1. The van der Waals surface area contributed by atoms with Crippen molar-refractivity contribution in [3.8, 4) is 5.75 Å². The molecule has 0 aliphatic rings. The Hall–Kier alpha value is -2.83. The van der Waals surface area contributed by atoms with Crippen molar-refractivity contribution in [2.24, 2.45) is 0 Å². The van der Waals surface area contributed by atoms with E-state index in [1.165, 1.54) is 16.9 Å². The van der Waals surface area contributed by atoms with Crippen LogP contribution in [0.3, 0.4) is 0 Å². The highest BCUT2D eigenvalue weighted by molar-refractivity contribution is 8.00. The van der Waals surface area contributed by atoms with E-state index in [0.717, 1.165) is 26.4 Å². The zero-order valence-corrected chi connectivity index (χ0v) is 18.5. The van der Waals surface area contributed by atoms with Crippen LogP contribution in [0.5, 0.6) is 5.75 Å². The van der Waals surface area contributed by atoms with Crippen LogP contribution in [0, 0.1) is 6.92 Å². The van der Waals surface area contributed by atoms with E-state index in [2.05, 4.69) is 31.2 Å². The highest BCUT2D eigenvalue weighted by atomic mass is 32.2. The minimum Gasteiger partial charge on any atom is -0.497 e. The Morgan fingerprint density at radius 1 is 1.07 bits per heavy atom. The number of carbonyl (C=O) groups excluding carboxylic acids is 1. The molecule has 0 fully saturated rings. The van der Waals surface area contributed by atoms with E-state index in [-0.39, 0.29) is 5.91 Å². The number of nitrogens with zero attached hydrogens (tertiary/aromatic N) is 2. The number of benzene rings is 3. The number of amides is 1. The van der Waals surface area contributed by atoms with Gasteiger partial charge in [0.1, 0.15) is 5.75 Å². The number of rotatable bonds is 7. The first-order valence-electron chi connectivity index (χ1n) is 9.61. The van der Waals surface area contributed by atoms with Gasteiger partial charge < -0.3 is 4.74 Å². The van der Waals surface area contributed by atoms with Crippen LogP contribution in [0.25, 0.3) is 10.2 Å². The molecule has 1 amide bonds. The standard InChI is InChI=1S/C24H22N2O2S2/c1-17-8-11-20(12-9-17)29-16-23(27)26(15-18-6-4-3-5-7-18)24-25-21-14-19(28-2)10-13-22(21)30-24/h3-14H,15-16H2,1-2H3. The van der Waals surface area contributed by atoms with Crippen LogP contribution in [-0.2, 0) is 11.3 Å². The smallest absolute Gasteiger partial charge is 0.239 e. The summed E-state index contributed by atoms with van der Waals surface area (Å²) in [5.41, 5.74) is 3.12. The Morgan fingerprint density at radius 2 is 1.83 bits per heavy atom. The first-order chi connectivity index (χ1) is 14.6. The monoisotopic (exact) mass is 434 g/mol. The van der Waals surface area contributed by atoms with Crippen molar-refractivity contribution in [3.63, 3.8) is 0 Å². The molecule has 0 radical (unpaired) electrons. The number of aryl methyl sites for hydroxylation is 1. The molecule has 0 unspecified atom stereocenters. The van der Waals surface area contributed by atoms with E-state index in [0.29, 0.717) is 17.4 Å². The van der Waals surface area contributed by atoms with Gasteiger partial charge in [0.25, 0.3) is 0 Å². The number of hydrogen-bond donors (Lipinski definition) is 0. The molecular formula is C24H22N2O2S2. The van der Waals surface area contributed by atoms with Gasteiger partial charge in [0.15, 0.2) is 5.13 Å². The topological polar surface area (TPSA) is 42.4 Å². The van der Waals surface area contributed by atoms with Gasteiger partial charge >= 0.3 is 0 Å². The molecule has 0 aliphatic heterocycles. The lowest BCUT2D eigenvalue weighted by Crippen LogP contribution is -2.31. The molecule has 0 N–H and O–H groups in total. The summed E-state index contributed by atoms with van der Waals surface area (Å²) in [5.74, 6) is 1.15. The lowest BCUT2D eigenvalue weighted by molar-refractivity contribution is -0.116. The molecular weight excluding hydrogens is 412 g/mol. The summed E-state index contributed by atoms with van der Waals surface area (Å²) in [6.45, 7) is 2.55. The number of thioether (sulfide) groups is 1. The molecule has 152 valence electrons. The largest absolute Gasteiger partial charge is 0.497 e. The first-order valence-corrected chi connectivity index (χ1v) is 11.4. The van der Waals surface area contributed by atoms with E-state index in [1.54, 1.807) is 23.8 Å². The summed E-state index contributed by atoms with van der Waals surface area (Å²) >= 11 is 3.07. The molecule has 0 saturated carbocycles. The average Bonchev–Trinajstić information content (AvgIpc) is 3.20. The summed E-state index contributed by atoms with van der Waals surface area (Å²) < 4.78 is 6.34. The molecule has 4 nitrogen and oxygen atoms in total. The van der Waals surface area contributed by atoms with Crippen LogP contribution >= 0.6 is 23.1 Å². The summed E-state index contributed by atoms with van der Waals surface area (Å²) in [5, 5.41) is 0.705. The predicted molar refractivity (Wildman–Crippen MR) is 126 cm³/mol. The van der Waals surface area contributed by atoms with Crippen molar-refractivity contribution in [3.05, 3.63) is 83.9 Å². The molecule has 6 heteroatoms. The van der Waals surface area contributed by atoms with Crippen LogP contribution in [0.15, 0.2) is 77.7 Å². The van der Waals surface area contributed by atoms with E-state index < -0.39 is 0 Å². The summed E-state index contributed by atoms with van der Waals surface area (Å²) in [4.78, 5) is 20.8. The number of carbonyl (C=O) groups is 1. The van der Waals surface area contributed by atoms with E-state index in [9.17, 15) is 4.79 Å². The Balaban J connectivity index is 1.60. The molecule has 0 aliphatic carbocycles. The summed E-state index contributed by atoms with van der Waals surface area (Å²) in [7, 11) is 1.64. The van der Waals surface area contributed by atoms with Crippen molar-refractivity contribution in [1.82, 2.24) is 4.98 Å². The average molecular weight is 435 g/mol. The van der Waals surface area contributed by atoms with Gasteiger partial charge in [-0.2, -0.15) is 0 Å². The van der Waals surface area contributed by atoms with Gasteiger partial charge in [-0.1, -0.05) is 59.4 Å². The minimum atomic E-state index is 0.0375. The number of ether oxygens (including phenoxy) is 1. The molecule has 0 bridgehead atoms. The van der Waals surface area contributed by atoms with Gasteiger partial charge in [0, 0.05) is 11.0 Å². The van der Waals surface area contributed by atoms with Crippen molar-refractivity contribution >= 4 is 44.4 Å². The third-order valence-corrected chi connectivity index (χ3v) is 6.74. The van der Waals surface area contributed by atoms with E-state index in [4.69, 9.17) is 9.72 Å². The van der Waals surface area contributed by atoms with Crippen molar-refractivity contribution < 1.29 is 9.53 Å². The molecule has 4 rings (SSSR count). The summed E-state index contributed by atoms with van der Waals surface area (Å²) in [6.07, 6.45) is 0. The predicted octanol–water partition coefficient (Wildman–Crippen LogP) is 5.94. The van der Waals surface area contributed by atoms with E-state index >= 15 is 0 Å². The van der Waals surface area contributed by atoms with E-state index in [1.807, 2.05) is 48.5 Å². The lowest BCUT2D eigenvalue weighted by atomic mass is 10.2. The van der Waals surface area contributed by atoms with Crippen LogP contribution in [0.2, 0.25) is 0 Å². The maximum Gasteiger partial charge on any atom is 0.239 e. The van der Waals surface area contributed by atoms with Crippen LogP contribution in [0.4, 0.5) is 5.13 Å². The normalized spacial score (nSPS) is 10.9. The van der Waals surface area contributed by atoms with Crippen molar-refractivity contribution in [2.45, 2.75) is 18.4 Å². The molecule has 3 aromatic carbocycles. The second-order valence-electron chi connectivity index (χ2n) is 6.90. The van der Waals surface area contributed by atoms with Gasteiger partial charge in [-0.05, 0) is 36.8 Å². The lowest BCUT2D eigenvalue weighted by Gasteiger charge is -2.20. The van der Waals surface area contributed by atoms with Gasteiger partial charge in [-0.3, -0.25) is 9.69 Å². The number of thiazole rings is 1. The fraction of sp³-hybridized carbons (Fsp3) is 0.167. The van der Waals surface area contributed by atoms with Gasteiger partial charge in [0.2, 0.25) is 5.91 Å². The Kier molecular flexibility index (Phi) is 6.35.